The molecule has 0 saturated carbocycles. The first-order valence-electron chi connectivity index (χ1n) is 7.21. The van der Waals surface area contributed by atoms with E-state index in [0.717, 1.165) is 26.2 Å². The van der Waals surface area contributed by atoms with E-state index in [1.54, 1.807) is 6.07 Å². The van der Waals surface area contributed by atoms with Crippen LogP contribution in [0.25, 0.3) is 10.9 Å². The number of benzene rings is 1. The van der Waals surface area contributed by atoms with Crippen molar-refractivity contribution < 1.29 is 9.18 Å². The van der Waals surface area contributed by atoms with Gasteiger partial charge in [-0.15, -0.1) is 0 Å². The maximum Gasteiger partial charge on any atom is 0.226 e. The predicted octanol–water partition coefficient (Wildman–Crippen LogP) is 0.548. The van der Waals surface area contributed by atoms with Crippen LogP contribution in [0.2, 0.25) is 0 Å². The zero-order chi connectivity index (χ0) is 15.7. The Morgan fingerprint density at radius 1 is 1.27 bits per heavy atom. The summed E-state index contributed by atoms with van der Waals surface area (Å²) in [6.45, 7) is 3.49. The maximum absolute atomic E-state index is 13.5. The molecule has 1 amide bonds. The van der Waals surface area contributed by atoms with Crippen LogP contribution in [0.4, 0.5) is 10.3 Å². The van der Waals surface area contributed by atoms with E-state index >= 15 is 0 Å². The first-order chi connectivity index (χ1) is 10.5. The van der Waals surface area contributed by atoms with Crippen molar-refractivity contribution >= 4 is 22.8 Å². The summed E-state index contributed by atoms with van der Waals surface area (Å²) in [5, 5.41) is 0.539. The number of amides is 1. The molecule has 116 valence electrons. The van der Waals surface area contributed by atoms with Crippen LogP contribution in [-0.2, 0) is 11.2 Å². The summed E-state index contributed by atoms with van der Waals surface area (Å²) in [5.41, 5.74) is 6.39. The Morgan fingerprint density at radius 2 is 2.00 bits per heavy atom. The van der Waals surface area contributed by atoms with Gasteiger partial charge < -0.3 is 15.5 Å². The highest BCUT2D eigenvalue weighted by molar-refractivity contribution is 5.87. The fourth-order valence-electron chi connectivity index (χ4n) is 2.60. The first-order valence-corrected chi connectivity index (χ1v) is 7.21. The summed E-state index contributed by atoms with van der Waals surface area (Å²) in [5.74, 6) is -0.300. The number of rotatable bonds is 3. The van der Waals surface area contributed by atoms with Gasteiger partial charge in [-0.2, -0.15) is 0 Å². The molecule has 0 spiro atoms. The van der Waals surface area contributed by atoms with E-state index in [1.807, 2.05) is 0 Å². The molecule has 1 aromatic heterocycles. The van der Waals surface area contributed by atoms with Gasteiger partial charge in [0.25, 0.3) is 0 Å². The minimum absolute atomic E-state index is 0.0246. The minimum atomic E-state index is -0.492. The molecular formula is C15H18FN5O. The van der Waals surface area contributed by atoms with Crippen LogP contribution in [0.1, 0.15) is 5.69 Å². The van der Waals surface area contributed by atoms with Gasteiger partial charge in [0.2, 0.25) is 11.9 Å². The number of piperazine rings is 1. The smallest absolute Gasteiger partial charge is 0.226 e. The summed E-state index contributed by atoms with van der Waals surface area (Å²) in [6.07, 6.45) is -0.0246. The SMILES string of the molecule is CN1CCN(c2nc(CC(N)=O)c3cc(F)ccc3n2)CC1. The van der Waals surface area contributed by atoms with Crippen LogP contribution in [0.5, 0.6) is 0 Å². The lowest BCUT2D eigenvalue weighted by molar-refractivity contribution is -0.117. The van der Waals surface area contributed by atoms with Crippen LogP contribution in [0, 0.1) is 5.82 Å². The van der Waals surface area contributed by atoms with Crippen molar-refractivity contribution in [3.63, 3.8) is 0 Å². The standard InChI is InChI=1S/C15H18FN5O/c1-20-4-6-21(7-5-20)15-18-12-3-2-10(16)8-11(12)13(19-15)9-14(17)22/h2-3,8H,4-7,9H2,1H3,(H2,17,22). The second kappa shape index (κ2) is 5.84. The van der Waals surface area contributed by atoms with Crippen molar-refractivity contribution in [3.05, 3.63) is 29.7 Å². The van der Waals surface area contributed by atoms with Crippen LogP contribution < -0.4 is 10.6 Å². The third kappa shape index (κ3) is 2.99. The van der Waals surface area contributed by atoms with Crippen LogP contribution in [0.3, 0.4) is 0 Å². The van der Waals surface area contributed by atoms with E-state index in [2.05, 4.69) is 26.8 Å². The van der Waals surface area contributed by atoms with E-state index in [1.165, 1.54) is 12.1 Å². The highest BCUT2D eigenvalue weighted by Gasteiger charge is 2.19. The van der Waals surface area contributed by atoms with E-state index in [0.29, 0.717) is 22.5 Å². The van der Waals surface area contributed by atoms with Crippen LogP contribution >= 0.6 is 0 Å². The Kier molecular flexibility index (Phi) is 3.89. The van der Waals surface area contributed by atoms with Gasteiger partial charge in [0.15, 0.2) is 0 Å². The van der Waals surface area contributed by atoms with Gasteiger partial charge in [0.1, 0.15) is 5.82 Å². The summed E-state index contributed by atoms with van der Waals surface area (Å²) in [6, 6.07) is 4.31. The Bertz CT molecular complexity index is 712. The van der Waals surface area contributed by atoms with E-state index in [4.69, 9.17) is 5.73 Å². The number of hydrogen-bond acceptors (Lipinski definition) is 5. The predicted molar refractivity (Wildman–Crippen MR) is 82.1 cm³/mol. The molecule has 1 fully saturated rings. The summed E-state index contributed by atoms with van der Waals surface area (Å²) in [7, 11) is 2.07. The monoisotopic (exact) mass is 303 g/mol. The van der Waals surface area contributed by atoms with E-state index in [9.17, 15) is 9.18 Å². The Labute approximate surface area is 127 Å². The van der Waals surface area contributed by atoms with Crippen LogP contribution in [-0.4, -0.2) is 54.0 Å². The number of fused-ring (bicyclic) bond motifs is 1. The van der Waals surface area contributed by atoms with Gasteiger partial charge >= 0.3 is 0 Å². The molecule has 1 aliphatic rings. The van der Waals surface area contributed by atoms with Gasteiger partial charge in [0, 0.05) is 31.6 Å². The molecule has 22 heavy (non-hydrogen) atoms. The number of aromatic nitrogens is 2. The third-order valence-corrected chi connectivity index (χ3v) is 3.85. The number of anilines is 1. The van der Waals surface area contributed by atoms with Crippen molar-refractivity contribution in [3.8, 4) is 0 Å². The number of carbonyl (C=O) groups excluding carboxylic acids is 1. The minimum Gasteiger partial charge on any atom is -0.369 e. The lowest BCUT2D eigenvalue weighted by Crippen LogP contribution is -2.45. The average molecular weight is 303 g/mol. The molecule has 0 aliphatic carbocycles. The zero-order valence-corrected chi connectivity index (χ0v) is 12.4. The molecular weight excluding hydrogens is 285 g/mol. The molecule has 2 heterocycles. The van der Waals surface area contributed by atoms with Gasteiger partial charge in [-0.25, -0.2) is 14.4 Å². The average Bonchev–Trinajstić information content (AvgIpc) is 2.48. The van der Waals surface area contributed by atoms with Gasteiger partial charge in [-0.1, -0.05) is 0 Å². The highest BCUT2D eigenvalue weighted by atomic mass is 19.1. The number of likely N-dealkylation sites (N-methyl/N-ethyl adjacent to an activating group) is 1. The van der Waals surface area contributed by atoms with E-state index in [-0.39, 0.29) is 12.2 Å². The number of primary amides is 1. The first kappa shape index (κ1) is 14.6. The topological polar surface area (TPSA) is 75.3 Å². The highest BCUT2D eigenvalue weighted by Crippen LogP contribution is 2.22. The molecule has 2 N–H and O–H groups in total. The van der Waals surface area contributed by atoms with Crippen molar-refractivity contribution in [1.29, 1.82) is 0 Å². The van der Waals surface area contributed by atoms with Crippen molar-refractivity contribution in [2.45, 2.75) is 6.42 Å². The Hall–Kier alpha value is -2.28. The van der Waals surface area contributed by atoms with Crippen molar-refractivity contribution in [2.75, 3.05) is 38.1 Å². The lowest BCUT2D eigenvalue weighted by Gasteiger charge is -2.32. The molecule has 0 unspecified atom stereocenters. The second-order valence-electron chi connectivity index (χ2n) is 5.57. The fourth-order valence-corrected chi connectivity index (χ4v) is 2.60. The normalized spacial score (nSPS) is 16.2. The fraction of sp³-hybridized carbons (Fsp3) is 0.400. The van der Waals surface area contributed by atoms with E-state index < -0.39 is 5.91 Å². The number of hydrogen-bond donors (Lipinski definition) is 1. The molecule has 1 aliphatic heterocycles. The molecule has 0 atom stereocenters. The molecule has 0 radical (unpaired) electrons. The molecule has 3 rings (SSSR count). The van der Waals surface area contributed by atoms with Gasteiger partial charge in [-0.05, 0) is 25.2 Å². The molecule has 2 aromatic rings. The number of nitrogens with two attached hydrogens (primary N) is 1. The van der Waals surface area contributed by atoms with Crippen molar-refractivity contribution in [2.24, 2.45) is 5.73 Å². The van der Waals surface area contributed by atoms with Crippen LogP contribution in [0.15, 0.2) is 18.2 Å². The van der Waals surface area contributed by atoms with Gasteiger partial charge in [-0.3, -0.25) is 4.79 Å². The summed E-state index contributed by atoms with van der Waals surface area (Å²) in [4.78, 5) is 24.6. The zero-order valence-electron chi connectivity index (χ0n) is 12.4. The lowest BCUT2D eigenvalue weighted by atomic mass is 10.1. The Balaban J connectivity index is 2.04. The largest absolute Gasteiger partial charge is 0.369 e. The van der Waals surface area contributed by atoms with Gasteiger partial charge in [0.05, 0.1) is 17.6 Å². The number of carbonyl (C=O) groups is 1. The number of halogens is 1. The molecule has 0 bridgehead atoms. The molecule has 1 saturated heterocycles. The molecule has 6 nitrogen and oxygen atoms in total. The summed E-state index contributed by atoms with van der Waals surface area (Å²) < 4.78 is 13.5. The summed E-state index contributed by atoms with van der Waals surface area (Å²) >= 11 is 0. The maximum atomic E-state index is 13.5. The number of nitrogens with zero attached hydrogens (tertiary/aromatic N) is 4. The molecule has 7 heteroatoms. The second-order valence-corrected chi connectivity index (χ2v) is 5.57. The third-order valence-electron chi connectivity index (χ3n) is 3.85. The Morgan fingerprint density at radius 3 is 2.68 bits per heavy atom. The quantitative estimate of drug-likeness (QED) is 0.896. The van der Waals surface area contributed by atoms with Crippen molar-refractivity contribution in [1.82, 2.24) is 14.9 Å². The molecule has 1 aromatic carbocycles.